The second-order valence-electron chi connectivity index (χ2n) is 2.35. The maximum absolute atomic E-state index is 10.3. The van der Waals surface area contributed by atoms with Gasteiger partial charge in [0.25, 0.3) is 0 Å². The van der Waals surface area contributed by atoms with Crippen molar-refractivity contribution in [3.8, 4) is 5.75 Å². The van der Waals surface area contributed by atoms with E-state index in [0.29, 0.717) is 5.56 Å². The Balaban J connectivity index is 2.63. The van der Waals surface area contributed by atoms with Gasteiger partial charge in [-0.15, -0.1) is 0 Å². The number of nitrogens with two attached hydrogens (primary N) is 1. The molecule has 0 unspecified atom stereocenters. The highest BCUT2D eigenvalue weighted by atomic mass is 16.3. The van der Waals surface area contributed by atoms with Crippen molar-refractivity contribution in [2.24, 2.45) is 5.73 Å². The number of phenolic OH excluding ortho intramolecular Hbond substituents is 1. The van der Waals surface area contributed by atoms with Crippen LogP contribution >= 0.6 is 0 Å². The van der Waals surface area contributed by atoms with E-state index in [4.69, 9.17) is 5.73 Å². The number of benzene rings is 1. The summed E-state index contributed by atoms with van der Waals surface area (Å²) in [6, 6.07) is 6.16. The summed E-state index contributed by atoms with van der Waals surface area (Å²) in [5.74, 6) is 0.159. The van der Waals surface area contributed by atoms with Crippen LogP contribution in [0.2, 0.25) is 0 Å². The first-order valence-corrected chi connectivity index (χ1v) is 3.50. The van der Waals surface area contributed by atoms with Gasteiger partial charge in [-0.2, -0.15) is 0 Å². The first-order chi connectivity index (χ1) is 5.70. The molecule has 1 aromatic rings. The molecule has 0 radical (unpaired) electrons. The van der Waals surface area contributed by atoms with Crippen molar-refractivity contribution in [2.75, 3.05) is 0 Å². The second-order valence-corrected chi connectivity index (χ2v) is 2.35. The van der Waals surface area contributed by atoms with Crippen LogP contribution in [0.4, 0.5) is 4.79 Å². The Morgan fingerprint density at radius 3 is 2.75 bits per heavy atom. The van der Waals surface area contributed by atoms with Gasteiger partial charge in [-0.25, -0.2) is 4.79 Å². The summed E-state index contributed by atoms with van der Waals surface area (Å²) in [6.07, 6.45) is 0. The first-order valence-electron chi connectivity index (χ1n) is 3.50. The number of para-hydroxylation sites is 1. The zero-order valence-electron chi connectivity index (χ0n) is 6.45. The summed E-state index contributed by atoms with van der Waals surface area (Å²) in [7, 11) is 0. The number of primary amides is 1. The molecule has 0 bridgehead atoms. The number of nitrogens with one attached hydrogen (secondary N) is 1. The van der Waals surface area contributed by atoms with Crippen LogP contribution < -0.4 is 11.1 Å². The third-order valence-corrected chi connectivity index (χ3v) is 1.44. The average molecular weight is 166 g/mol. The van der Waals surface area contributed by atoms with Gasteiger partial charge in [0, 0.05) is 12.1 Å². The molecular formula is C8H10N2O2. The van der Waals surface area contributed by atoms with Crippen LogP contribution in [0.3, 0.4) is 0 Å². The van der Waals surface area contributed by atoms with E-state index in [1.807, 2.05) is 0 Å². The van der Waals surface area contributed by atoms with Crippen molar-refractivity contribution in [3.63, 3.8) is 0 Å². The highest BCUT2D eigenvalue weighted by molar-refractivity contribution is 5.71. The van der Waals surface area contributed by atoms with E-state index in [0.717, 1.165) is 0 Å². The predicted molar refractivity (Wildman–Crippen MR) is 44.5 cm³/mol. The lowest BCUT2D eigenvalue weighted by atomic mass is 10.2. The van der Waals surface area contributed by atoms with Gasteiger partial charge in [0.15, 0.2) is 0 Å². The standard InChI is InChI=1S/C8H10N2O2/c9-8(12)10-5-6-3-1-2-4-7(6)11/h1-4,11H,5H2,(H3,9,10,12). The average Bonchev–Trinajstić information content (AvgIpc) is 2.03. The van der Waals surface area contributed by atoms with E-state index in [1.165, 1.54) is 0 Å². The van der Waals surface area contributed by atoms with Crippen molar-refractivity contribution < 1.29 is 9.90 Å². The molecule has 0 aromatic heterocycles. The monoisotopic (exact) mass is 166 g/mol. The third kappa shape index (κ3) is 2.16. The summed E-state index contributed by atoms with van der Waals surface area (Å²) >= 11 is 0. The van der Waals surface area contributed by atoms with Crippen molar-refractivity contribution in [1.82, 2.24) is 5.32 Å². The topological polar surface area (TPSA) is 75.4 Å². The lowest BCUT2D eigenvalue weighted by molar-refractivity contribution is 0.248. The Hall–Kier alpha value is -1.71. The lowest BCUT2D eigenvalue weighted by Crippen LogP contribution is -2.28. The molecule has 0 atom stereocenters. The van der Waals surface area contributed by atoms with Crippen molar-refractivity contribution >= 4 is 6.03 Å². The predicted octanol–water partition coefficient (Wildman–Crippen LogP) is 0.560. The van der Waals surface area contributed by atoms with Crippen LogP contribution in [0.1, 0.15) is 5.56 Å². The Labute approximate surface area is 70.0 Å². The van der Waals surface area contributed by atoms with E-state index in [1.54, 1.807) is 24.3 Å². The van der Waals surface area contributed by atoms with Gasteiger partial charge in [-0.1, -0.05) is 18.2 Å². The molecule has 0 aliphatic rings. The number of hydrogen-bond donors (Lipinski definition) is 3. The van der Waals surface area contributed by atoms with E-state index in [-0.39, 0.29) is 12.3 Å². The smallest absolute Gasteiger partial charge is 0.312 e. The summed E-state index contributed by atoms with van der Waals surface area (Å²) in [6.45, 7) is 0.252. The quantitative estimate of drug-likeness (QED) is 0.600. The minimum Gasteiger partial charge on any atom is -0.508 e. The summed E-state index contributed by atoms with van der Waals surface area (Å²) < 4.78 is 0. The number of carbonyl (C=O) groups excluding carboxylic acids is 1. The zero-order chi connectivity index (χ0) is 8.97. The number of amides is 2. The molecule has 64 valence electrons. The Morgan fingerprint density at radius 2 is 2.17 bits per heavy atom. The molecule has 1 aromatic carbocycles. The van der Waals surface area contributed by atoms with Crippen molar-refractivity contribution in [3.05, 3.63) is 29.8 Å². The van der Waals surface area contributed by atoms with Gasteiger partial charge >= 0.3 is 6.03 Å². The van der Waals surface area contributed by atoms with E-state index in [9.17, 15) is 9.90 Å². The van der Waals surface area contributed by atoms with E-state index >= 15 is 0 Å². The number of aromatic hydroxyl groups is 1. The molecule has 0 aliphatic heterocycles. The third-order valence-electron chi connectivity index (χ3n) is 1.44. The number of carbonyl (C=O) groups is 1. The molecule has 2 amide bonds. The molecule has 4 nitrogen and oxygen atoms in total. The highest BCUT2D eigenvalue weighted by Gasteiger charge is 1.99. The molecule has 1 rings (SSSR count). The van der Waals surface area contributed by atoms with Crippen LogP contribution in [0.25, 0.3) is 0 Å². The zero-order valence-corrected chi connectivity index (χ0v) is 6.45. The molecular weight excluding hydrogens is 156 g/mol. The minimum absolute atomic E-state index is 0.159. The second kappa shape index (κ2) is 3.61. The SMILES string of the molecule is NC(=O)NCc1ccccc1O. The maximum atomic E-state index is 10.3. The van der Waals surface area contributed by atoms with Crippen molar-refractivity contribution in [1.29, 1.82) is 0 Å². The van der Waals surface area contributed by atoms with E-state index < -0.39 is 6.03 Å². The van der Waals surface area contributed by atoms with E-state index in [2.05, 4.69) is 5.32 Å². The normalized spacial score (nSPS) is 9.33. The molecule has 4 heteroatoms. The largest absolute Gasteiger partial charge is 0.508 e. The number of rotatable bonds is 2. The summed E-state index contributed by atoms with van der Waals surface area (Å²) in [4.78, 5) is 10.3. The summed E-state index contributed by atoms with van der Waals surface area (Å²) in [5, 5.41) is 11.6. The number of urea groups is 1. The fraction of sp³-hybridized carbons (Fsp3) is 0.125. The van der Waals surface area contributed by atoms with Gasteiger partial charge in [0.2, 0.25) is 0 Å². The molecule has 0 saturated carbocycles. The van der Waals surface area contributed by atoms with Gasteiger partial charge in [0.05, 0.1) is 0 Å². The Bertz CT molecular complexity index is 286. The molecule has 0 saturated heterocycles. The minimum atomic E-state index is -0.599. The molecule has 12 heavy (non-hydrogen) atoms. The Morgan fingerprint density at radius 1 is 1.50 bits per heavy atom. The fourth-order valence-electron chi connectivity index (χ4n) is 0.843. The maximum Gasteiger partial charge on any atom is 0.312 e. The van der Waals surface area contributed by atoms with Crippen LogP contribution in [0.5, 0.6) is 5.75 Å². The van der Waals surface area contributed by atoms with Gasteiger partial charge in [-0.05, 0) is 6.07 Å². The molecule has 0 aliphatic carbocycles. The Kier molecular flexibility index (Phi) is 2.53. The van der Waals surface area contributed by atoms with Gasteiger partial charge in [-0.3, -0.25) is 0 Å². The lowest BCUT2D eigenvalue weighted by Gasteiger charge is -2.03. The van der Waals surface area contributed by atoms with Gasteiger partial charge in [0.1, 0.15) is 5.75 Å². The molecule has 0 spiro atoms. The molecule has 0 heterocycles. The first kappa shape index (κ1) is 8.39. The van der Waals surface area contributed by atoms with Crippen LogP contribution in [-0.4, -0.2) is 11.1 Å². The number of phenols is 1. The number of hydrogen-bond acceptors (Lipinski definition) is 2. The summed E-state index contributed by atoms with van der Waals surface area (Å²) in [5.41, 5.74) is 5.51. The molecule has 4 N–H and O–H groups in total. The highest BCUT2D eigenvalue weighted by Crippen LogP contribution is 2.14. The van der Waals surface area contributed by atoms with Gasteiger partial charge < -0.3 is 16.2 Å². The van der Waals surface area contributed by atoms with Crippen LogP contribution in [0.15, 0.2) is 24.3 Å². The van der Waals surface area contributed by atoms with Crippen LogP contribution in [0, 0.1) is 0 Å². The fourth-order valence-corrected chi connectivity index (χ4v) is 0.843. The molecule has 0 fully saturated rings. The van der Waals surface area contributed by atoms with Crippen molar-refractivity contribution in [2.45, 2.75) is 6.54 Å². The van der Waals surface area contributed by atoms with Crippen LogP contribution in [-0.2, 0) is 6.54 Å².